The number of aromatic nitrogens is 2. The second-order valence-corrected chi connectivity index (χ2v) is 4.92. The molecule has 0 radical (unpaired) electrons. The quantitative estimate of drug-likeness (QED) is 0.814. The number of carboxylic acid groups (broad SMARTS) is 1. The molecule has 1 fully saturated rings. The Hall–Kier alpha value is -2.64. The molecule has 1 aliphatic carbocycles. The molecule has 2 heterocycles. The molecule has 0 saturated heterocycles. The summed E-state index contributed by atoms with van der Waals surface area (Å²) in [5, 5.41) is 15.3. The third-order valence-electron chi connectivity index (χ3n) is 3.31. The second-order valence-electron chi connectivity index (χ2n) is 4.92. The molecule has 0 aliphatic heterocycles. The molecule has 110 valence electrons. The normalized spacial score (nSPS) is 15.6. The number of aryl methyl sites for hydroxylation is 1. The van der Waals surface area contributed by atoms with E-state index in [2.05, 4.69) is 15.5 Å². The van der Waals surface area contributed by atoms with E-state index in [4.69, 9.17) is 14.0 Å². The van der Waals surface area contributed by atoms with Gasteiger partial charge in [-0.25, -0.2) is 4.79 Å². The van der Waals surface area contributed by atoms with Crippen LogP contribution in [0.3, 0.4) is 0 Å². The van der Waals surface area contributed by atoms with Crippen LogP contribution >= 0.6 is 0 Å². The number of hydrogen-bond donors (Lipinski definition) is 2. The molecule has 1 aliphatic rings. The van der Waals surface area contributed by atoms with E-state index < -0.39 is 11.5 Å². The van der Waals surface area contributed by atoms with Gasteiger partial charge >= 0.3 is 5.97 Å². The third kappa shape index (κ3) is 2.78. The number of rotatable bonds is 6. The van der Waals surface area contributed by atoms with E-state index in [1.54, 1.807) is 12.1 Å². The smallest absolute Gasteiger partial charge is 0.329 e. The molecule has 8 heteroatoms. The molecule has 0 unspecified atom stereocenters. The second kappa shape index (κ2) is 5.04. The lowest BCUT2D eigenvalue weighted by atomic mass is 10.2. The standard InChI is InChI=1S/C13H13N3O5/c17-9(15-13(5-6-13)12(18)19)3-4-10-14-11(16-21-10)8-2-1-7-20-8/h1-2,7H,3-6H2,(H,15,17)(H,18,19). The topological polar surface area (TPSA) is 118 Å². The maximum atomic E-state index is 11.7. The Bertz CT molecular complexity index is 657. The monoisotopic (exact) mass is 291 g/mol. The van der Waals surface area contributed by atoms with Crippen LogP contribution in [0.25, 0.3) is 11.6 Å². The molecule has 2 N–H and O–H groups in total. The van der Waals surface area contributed by atoms with Crippen molar-refractivity contribution in [3.63, 3.8) is 0 Å². The number of nitrogens with one attached hydrogen (secondary N) is 1. The number of furan rings is 1. The Morgan fingerprint density at radius 3 is 2.86 bits per heavy atom. The summed E-state index contributed by atoms with van der Waals surface area (Å²) in [4.78, 5) is 26.8. The SMILES string of the molecule is O=C(CCc1nc(-c2ccco2)no1)NC1(C(=O)O)CC1. The summed E-state index contributed by atoms with van der Waals surface area (Å²) in [5.41, 5.74) is -1.06. The summed E-state index contributed by atoms with van der Waals surface area (Å²) in [6, 6.07) is 3.41. The van der Waals surface area contributed by atoms with Gasteiger partial charge < -0.3 is 19.4 Å². The van der Waals surface area contributed by atoms with Crippen LogP contribution in [0, 0.1) is 0 Å². The maximum Gasteiger partial charge on any atom is 0.329 e. The summed E-state index contributed by atoms with van der Waals surface area (Å²) < 4.78 is 10.1. The lowest BCUT2D eigenvalue weighted by Gasteiger charge is -2.11. The van der Waals surface area contributed by atoms with Crippen molar-refractivity contribution in [1.29, 1.82) is 0 Å². The van der Waals surface area contributed by atoms with Gasteiger partial charge in [0.25, 0.3) is 0 Å². The van der Waals surface area contributed by atoms with E-state index >= 15 is 0 Å². The maximum absolute atomic E-state index is 11.7. The Morgan fingerprint density at radius 1 is 1.43 bits per heavy atom. The molecule has 1 saturated carbocycles. The molecule has 3 rings (SSSR count). The number of hydrogen-bond acceptors (Lipinski definition) is 6. The zero-order valence-electron chi connectivity index (χ0n) is 11.0. The van der Waals surface area contributed by atoms with Crippen molar-refractivity contribution in [3.8, 4) is 11.6 Å². The average Bonchev–Trinajstić information content (AvgIpc) is 2.92. The molecule has 2 aromatic rings. The van der Waals surface area contributed by atoms with E-state index in [0.717, 1.165) is 0 Å². The predicted molar refractivity (Wildman–Crippen MR) is 68.1 cm³/mol. The van der Waals surface area contributed by atoms with Crippen LogP contribution in [-0.4, -0.2) is 32.7 Å². The molecule has 1 amide bonds. The predicted octanol–water partition coefficient (Wildman–Crippen LogP) is 0.996. The summed E-state index contributed by atoms with van der Waals surface area (Å²) in [6.07, 6.45) is 2.78. The Balaban J connectivity index is 1.54. The van der Waals surface area contributed by atoms with Gasteiger partial charge in [0.1, 0.15) is 5.54 Å². The molecule has 8 nitrogen and oxygen atoms in total. The minimum absolute atomic E-state index is 0.0921. The number of carbonyl (C=O) groups excluding carboxylic acids is 1. The van der Waals surface area contributed by atoms with Crippen LogP contribution in [-0.2, 0) is 16.0 Å². The first kappa shape index (κ1) is 13.3. The highest BCUT2D eigenvalue weighted by Crippen LogP contribution is 2.35. The van der Waals surface area contributed by atoms with Crippen LogP contribution in [0.1, 0.15) is 25.2 Å². The van der Waals surface area contributed by atoms with Gasteiger partial charge in [-0.05, 0) is 25.0 Å². The van der Waals surface area contributed by atoms with E-state index in [0.29, 0.717) is 30.3 Å². The molecule has 2 aromatic heterocycles. The Labute approximate surface area is 119 Å². The first-order valence-corrected chi connectivity index (χ1v) is 6.50. The minimum Gasteiger partial charge on any atom is -0.480 e. The van der Waals surface area contributed by atoms with Gasteiger partial charge in [0, 0.05) is 12.8 Å². The zero-order chi connectivity index (χ0) is 14.9. The largest absolute Gasteiger partial charge is 0.480 e. The van der Waals surface area contributed by atoms with E-state index in [-0.39, 0.29) is 18.7 Å². The van der Waals surface area contributed by atoms with E-state index in [1.807, 2.05) is 0 Å². The van der Waals surface area contributed by atoms with Crippen molar-refractivity contribution >= 4 is 11.9 Å². The number of carbonyl (C=O) groups is 2. The fraction of sp³-hybridized carbons (Fsp3) is 0.385. The van der Waals surface area contributed by atoms with Gasteiger partial charge in [0.15, 0.2) is 5.76 Å². The first-order valence-electron chi connectivity index (χ1n) is 6.50. The molecule has 0 aromatic carbocycles. The van der Waals surface area contributed by atoms with Crippen molar-refractivity contribution in [3.05, 3.63) is 24.3 Å². The van der Waals surface area contributed by atoms with Gasteiger partial charge in [-0.15, -0.1) is 0 Å². The third-order valence-corrected chi connectivity index (χ3v) is 3.31. The summed E-state index contributed by atoms with van der Waals surface area (Å²) >= 11 is 0. The lowest BCUT2D eigenvalue weighted by Crippen LogP contribution is -2.43. The van der Waals surface area contributed by atoms with Crippen LogP contribution in [0.4, 0.5) is 0 Å². The highest BCUT2D eigenvalue weighted by Gasteiger charge is 2.51. The van der Waals surface area contributed by atoms with Crippen LogP contribution in [0.2, 0.25) is 0 Å². The van der Waals surface area contributed by atoms with Gasteiger partial charge in [-0.3, -0.25) is 4.79 Å². The molecule has 0 atom stereocenters. The van der Waals surface area contributed by atoms with Crippen molar-refractivity contribution in [2.45, 2.75) is 31.2 Å². The first-order chi connectivity index (χ1) is 10.1. The fourth-order valence-electron chi connectivity index (χ4n) is 1.93. The summed E-state index contributed by atoms with van der Waals surface area (Å²) in [5.74, 6) is -0.227. The van der Waals surface area contributed by atoms with Crippen molar-refractivity contribution < 1.29 is 23.6 Å². The number of nitrogens with zero attached hydrogens (tertiary/aromatic N) is 2. The number of aliphatic carboxylic acids is 1. The van der Waals surface area contributed by atoms with E-state index in [9.17, 15) is 9.59 Å². The summed E-state index contributed by atoms with van der Waals surface area (Å²) in [7, 11) is 0. The summed E-state index contributed by atoms with van der Waals surface area (Å²) in [6.45, 7) is 0. The highest BCUT2D eigenvalue weighted by molar-refractivity contribution is 5.89. The van der Waals surface area contributed by atoms with Crippen molar-refractivity contribution in [2.75, 3.05) is 0 Å². The number of carboxylic acids is 1. The number of amides is 1. The average molecular weight is 291 g/mol. The molecular formula is C13H13N3O5. The highest BCUT2D eigenvalue weighted by atomic mass is 16.5. The van der Waals surface area contributed by atoms with Gasteiger partial charge in [0.2, 0.25) is 17.6 Å². The van der Waals surface area contributed by atoms with Crippen LogP contribution in [0.15, 0.2) is 27.3 Å². The Kier molecular flexibility index (Phi) is 3.20. The van der Waals surface area contributed by atoms with E-state index in [1.165, 1.54) is 6.26 Å². The van der Waals surface area contributed by atoms with Crippen molar-refractivity contribution in [2.24, 2.45) is 0 Å². The molecule has 0 bridgehead atoms. The Morgan fingerprint density at radius 2 is 2.24 bits per heavy atom. The zero-order valence-corrected chi connectivity index (χ0v) is 11.0. The fourth-order valence-corrected chi connectivity index (χ4v) is 1.93. The molecule has 21 heavy (non-hydrogen) atoms. The van der Waals surface area contributed by atoms with Crippen LogP contribution < -0.4 is 5.32 Å². The van der Waals surface area contributed by atoms with Crippen molar-refractivity contribution in [1.82, 2.24) is 15.5 Å². The molecule has 0 spiro atoms. The minimum atomic E-state index is -1.06. The van der Waals surface area contributed by atoms with Gasteiger partial charge in [-0.1, -0.05) is 5.16 Å². The van der Waals surface area contributed by atoms with Gasteiger partial charge in [0.05, 0.1) is 6.26 Å². The van der Waals surface area contributed by atoms with Crippen LogP contribution in [0.5, 0.6) is 0 Å². The van der Waals surface area contributed by atoms with Gasteiger partial charge in [-0.2, -0.15) is 4.98 Å². The molecular weight excluding hydrogens is 278 g/mol. The lowest BCUT2D eigenvalue weighted by molar-refractivity contribution is -0.143.